The number of nitrogens with two attached hydrogens (primary N) is 1. The summed E-state index contributed by atoms with van der Waals surface area (Å²) in [6, 6.07) is 0. The van der Waals surface area contributed by atoms with Gasteiger partial charge in [0.15, 0.2) is 0 Å². The number of carbonyl (C=O) groups is 3. The number of carbonyl (C=O) groups excluding carboxylic acids is 3. The number of amides is 3. The minimum atomic E-state index is -4.46. The molecule has 1 aliphatic heterocycles. The molecule has 11 heteroatoms. The van der Waals surface area contributed by atoms with Gasteiger partial charge in [-0.2, -0.15) is 13.2 Å². The van der Waals surface area contributed by atoms with Gasteiger partial charge in [0.05, 0.1) is 19.0 Å². The molecule has 1 heterocycles. The molecule has 1 atom stereocenters. The largest absolute Gasteiger partial charge is 0.406 e. The lowest BCUT2D eigenvalue weighted by Crippen LogP contribution is -2.50. The number of nitrogens with zero attached hydrogens (tertiary/aromatic N) is 2. The van der Waals surface area contributed by atoms with E-state index in [1.807, 2.05) is 0 Å². The van der Waals surface area contributed by atoms with Crippen LogP contribution < -0.4 is 11.1 Å². The van der Waals surface area contributed by atoms with Gasteiger partial charge in [0.25, 0.3) is 0 Å². The fraction of sp³-hybridized carbons (Fsp3) is 0.786. The highest BCUT2D eigenvalue weighted by Crippen LogP contribution is 2.22. The average molecular weight is 389 g/mol. The molecule has 25 heavy (non-hydrogen) atoms. The van der Waals surface area contributed by atoms with E-state index in [0.717, 1.165) is 4.90 Å². The van der Waals surface area contributed by atoms with Crippen LogP contribution in [-0.2, 0) is 14.4 Å². The lowest BCUT2D eigenvalue weighted by atomic mass is 9.96. The van der Waals surface area contributed by atoms with Crippen molar-refractivity contribution in [2.45, 2.75) is 25.9 Å². The first-order chi connectivity index (χ1) is 11.2. The third-order valence-corrected chi connectivity index (χ3v) is 3.81. The topological polar surface area (TPSA) is 95.7 Å². The van der Waals surface area contributed by atoms with Crippen LogP contribution in [0.15, 0.2) is 0 Å². The zero-order chi connectivity index (χ0) is 18.3. The van der Waals surface area contributed by atoms with Crippen molar-refractivity contribution in [3.05, 3.63) is 0 Å². The molecular formula is C14H24ClF3N4O3. The summed E-state index contributed by atoms with van der Waals surface area (Å²) in [5.74, 6) is -2.11. The highest BCUT2D eigenvalue weighted by Gasteiger charge is 2.36. The van der Waals surface area contributed by atoms with Crippen LogP contribution in [0.2, 0.25) is 0 Å². The maximum Gasteiger partial charge on any atom is 0.406 e. The molecular weight excluding hydrogens is 365 g/mol. The van der Waals surface area contributed by atoms with Gasteiger partial charge >= 0.3 is 6.18 Å². The van der Waals surface area contributed by atoms with Gasteiger partial charge in [-0.25, -0.2) is 0 Å². The van der Waals surface area contributed by atoms with E-state index in [-0.39, 0.29) is 44.5 Å². The van der Waals surface area contributed by atoms with Crippen LogP contribution in [0, 0.1) is 5.92 Å². The molecule has 7 nitrogen and oxygen atoms in total. The average Bonchev–Trinajstić information content (AvgIpc) is 2.55. The van der Waals surface area contributed by atoms with Crippen LogP contribution >= 0.6 is 12.4 Å². The minimum absolute atomic E-state index is 0. The second-order valence-corrected chi connectivity index (χ2v) is 5.63. The molecule has 1 rings (SSSR count). The standard InChI is InChI=1S/C14H23F3N4O3.ClH/c1-2-20(9-14(15,16)17)13(24)10-4-3-5-21(8-10)12(23)7-19-11(22)6-18;/h10H,2-9,18H2,1H3,(H,19,22);1H. The van der Waals surface area contributed by atoms with Crippen molar-refractivity contribution >= 4 is 30.1 Å². The fourth-order valence-electron chi connectivity index (χ4n) is 2.58. The van der Waals surface area contributed by atoms with Gasteiger partial charge in [-0.3, -0.25) is 14.4 Å². The molecule has 3 N–H and O–H groups in total. The first kappa shape index (κ1) is 23.4. The van der Waals surface area contributed by atoms with E-state index in [1.54, 1.807) is 0 Å². The van der Waals surface area contributed by atoms with E-state index in [0.29, 0.717) is 19.4 Å². The predicted molar refractivity (Wildman–Crippen MR) is 86.9 cm³/mol. The summed E-state index contributed by atoms with van der Waals surface area (Å²) in [6.45, 7) is 0.137. The predicted octanol–water partition coefficient (Wildman–Crippen LogP) is 0.133. The summed E-state index contributed by atoms with van der Waals surface area (Å²) in [6.07, 6.45) is -3.50. The summed E-state index contributed by atoms with van der Waals surface area (Å²) in [5, 5.41) is 2.34. The lowest BCUT2D eigenvalue weighted by molar-refractivity contribution is -0.164. The number of hydrogen-bond acceptors (Lipinski definition) is 4. The van der Waals surface area contributed by atoms with E-state index in [2.05, 4.69) is 5.32 Å². The van der Waals surface area contributed by atoms with Gasteiger partial charge in [0.2, 0.25) is 17.7 Å². The number of alkyl halides is 3. The second kappa shape index (κ2) is 10.4. The first-order valence-corrected chi connectivity index (χ1v) is 7.78. The van der Waals surface area contributed by atoms with Crippen LogP contribution in [-0.4, -0.2) is 73.0 Å². The minimum Gasteiger partial charge on any atom is -0.346 e. The summed E-state index contributed by atoms with van der Waals surface area (Å²) < 4.78 is 37.6. The third kappa shape index (κ3) is 7.91. The summed E-state index contributed by atoms with van der Waals surface area (Å²) >= 11 is 0. The van der Waals surface area contributed by atoms with Crippen LogP contribution in [0.4, 0.5) is 13.2 Å². The van der Waals surface area contributed by atoms with Gasteiger partial charge < -0.3 is 20.9 Å². The Labute approximate surface area is 150 Å². The number of rotatable bonds is 6. The summed E-state index contributed by atoms with van der Waals surface area (Å²) in [5.41, 5.74) is 5.12. The second-order valence-electron chi connectivity index (χ2n) is 5.63. The number of halogens is 4. The van der Waals surface area contributed by atoms with Crippen molar-refractivity contribution in [1.82, 2.24) is 15.1 Å². The maximum atomic E-state index is 12.5. The van der Waals surface area contributed by atoms with Gasteiger partial charge in [-0.1, -0.05) is 0 Å². The van der Waals surface area contributed by atoms with Crippen LogP contribution in [0.3, 0.4) is 0 Å². The van der Waals surface area contributed by atoms with Crippen molar-refractivity contribution in [2.24, 2.45) is 11.7 Å². The Morgan fingerprint density at radius 2 is 1.96 bits per heavy atom. The van der Waals surface area contributed by atoms with Crippen LogP contribution in [0.5, 0.6) is 0 Å². The molecule has 3 amide bonds. The van der Waals surface area contributed by atoms with E-state index in [9.17, 15) is 27.6 Å². The molecule has 0 aromatic carbocycles. The Bertz CT molecular complexity index is 477. The Kier molecular flexibility index (Phi) is 9.80. The van der Waals surface area contributed by atoms with Crippen LogP contribution in [0.1, 0.15) is 19.8 Å². The molecule has 146 valence electrons. The number of hydrogen-bond donors (Lipinski definition) is 2. The first-order valence-electron chi connectivity index (χ1n) is 7.78. The summed E-state index contributed by atoms with van der Waals surface area (Å²) in [7, 11) is 0. The highest BCUT2D eigenvalue weighted by molar-refractivity contribution is 5.86. The SMILES string of the molecule is CCN(CC(F)(F)F)C(=O)C1CCCN(C(=O)CNC(=O)CN)C1.Cl. The van der Waals surface area contributed by atoms with Crippen molar-refractivity contribution in [3.8, 4) is 0 Å². The van der Waals surface area contributed by atoms with Gasteiger partial charge in [0, 0.05) is 19.6 Å². The third-order valence-electron chi connectivity index (χ3n) is 3.81. The van der Waals surface area contributed by atoms with Crippen molar-refractivity contribution in [1.29, 1.82) is 0 Å². The normalized spacial score (nSPS) is 17.5. The molecule has 0 aliphatic carbocycles. The van der Waals surface area contributed by atoms with Crippen molar-refractivity contribution < 1.29 is 27.6 Å². The Morgan fingerprint density at radius 1 is 1.32 bits per heavy atom. The Balaban J connectivity index is 0.00000576. The van der Waals surface area contributed by atoms with Crippen molar-refractivity contribution in [2.75, 3.05) is 39.3 Å². The molecule has 1 saturated heterocycles. The van der Waals surface area contributed by atoms with Crippen molar-refractivity contribution in [3.63, 3.8) is 0 Å². The molecule has 0 saturated carbocycles. The van der Waals surface area contributed by atoms with E-state index >= 15 is 0 Å². The van der Waals surface area contributed by atoms with Crippen LogP contribution in [0.25, 0.3) is 0 Å². The number of likely N-dealkylation sites (tertiary alicyclic amines) is 1. The fourth-order valence-corrected chi connectivity index (χ4v) is 2.58. The van der Waals surface area contributed by atoms with Gasteiger partial charge in [0.1, 0.15) is 6.54 Å². The van der Waals surface area contributed by atoms with E-state index in [4.69, 9.17) is 5.73 Å². The monoisotopic (exact) mass is 388 g/mol. The van der Waals surface area contributed by atoms with Gasteiger partial charge in [-0.15, -0.1) is 12.4 Å². The molecule has 0 aromatic heterocycles. The highest BCUT2D eigenvalue weighted by atomic mass is 35.5. The Hall–Kier alpha value is -1.55. The molecule has 0 spiro atoms. The molecule has 1 fully saturated rings. The van der Waals surface area contributed by atoms with E-state index < -0.39 is 30.5 Å². The maximum absolute atomic E-state index is 12.5. The molecule has 0 bridgehead atoms. The molecule has 0 radical (unpaired) electrons. The molecule has 1 aliphatic rings. The zero-order valence-corrected chi connectivity index (χ0v) is 14.8. The number of nitrogens with one attached hydrogen (secondary N) is 1. The lowest BCUT2D eigenvalue weighted by Gasteiger charge is -2.35. The zero-order valence-electron chi connectivity index (χ0n) is 14.0. The quantitative estimate of drug-likeness (QED) is 0.676. The molecule has 1 unspecified atom stereocenters. The Morgan fingerprint density at radius 3 is 2.48 bits per heavy atom. The van der Waals surface area contributed by atoms with Gasteiger partial charge in [-0.05, 0) is 19.8 Å². The molecule has 0 aromatic rings. The number of piperidine rings is 1. The summed E-state index contributed by atoms with van der Waals surface area (Å²) in [4.78, 5) is 37.5. The van der Waals surface area contributed by atoms with E-state index in [1.165, 1.54) is 11.8 Å². The smallest absolute Gasteiger partial charge is 0.346 e.